The van der Waals surface area contributed by atoms with Crippen molar-refractivity contribution in [2.75, 3.05) is 0 Å². The van der Waals surface area contributed by atoms with Crippen LogP contribution in [0.3, 0.4) is 0 Å². The zero-order valence-electron chi connectivity index (χ0n) is 8.04. The summed E-state index contributed by atoms with van der Waals surface area (Å²) in [6, 6.07) is 1.99. The van der Waals surface area contributed by atoms with Gasteiger partial charge >= 0.3 is 0 Å². The summed E-state index contributed by atoms with van der Waals surface area (Å²) in [5, 5.41) is 0.329. The highest BCUT2D eigenvalue weighted by molar-refractivity contribution is 6.28. The Kier molecular flexibility index (Phi) is 2.99. The fraction of sp³-hybridized carbons (Fsp3) is 0.600. The van der Waals surface area contributed by atoms with Crippen LogP contribution in [0, 0.1) is 0 Å². The highest BCUT2D eigenvalue weighted by Gasteiger charge is 2.19. The van der Waals surface area contributed by atoms with Gasteiger partial charge in [-0.3, -0.25) is 0 Å². The fourth-order valence-electron chi connectivity index (χ4n) is 2.02. The smallest absolute Gasteiger partial charge is 0.222 e. The molecular weight excluding hydrogens is 198 g/mol. The Bertz CT molecular complexity index is 321. The van der Waals surface area contributed by atoms with Gasteiger partial charge in [0.05, 0.1) is 5.69 Å². The van der Waals surface area contributed by atoms with Crippen molar-refractivity contribution in [1.29, 1.82) is 0 Å². The number of nitrogens with zero attached hydrogens (tertiary/aromatic N) is 2. The van der Waals surface area contributed by atoms with Gasteiger partial charge in [0.15, 0.2) is 0 Å². The summed E-state index contributed by atoms with van der Waals surface area (Å²) in [4.78, 5) is 8.32. The second-order valence-electron chi connectivity index (χ2n) is 3.74. The minimum absolute atomic E-state index is 0.329. The van der Waals surface area contributed by atoms with Gasteiger partial charge in [0.25, 0.3) is 0 Å². The molecule has 0 amide bonds. The molecular formula is C10H14ClN3. The Morgan fingerprint density at radius 2 is 2.07 bits per heavy atom. The normalized spacial score (nSPS) is 17.6. The predicted molar refractivity (Wildman–Crippen MR) is 56.1 cm³/mol. The molecule has 0 atom stereocenters. The van der Waals surface area contributed by atoms with Crippen molar-refractivity contribution in [3.8, 4) is 0 Å². The lowest BCUT2D eigenvalue weighted by Gasteiger charge is -2.09. The molecule has 2 rings (SSSR count). The summed E-state index contributed by atoms with van der Waals surface area (Å²) in [5.41, 5.74) is 7.45. The molecule has 1 aliphatic rings. The summed E-state index contributed by atoms with van der Waals surface area (Å²) in [7, 11) is 0. The van der Waals surface area contributed by atoms with E-state index in [2.05, 4.69) is 9.97 Å². The second kappa shape index (κ2) is 4.24. The van der Waals surface area contributed by atoms with Crippen LogP contribution in [0.25, 0.3) is 0 Å². The van der Waals surface area contributed by atoms with Crippen LogP contribution in [0.1, 0.15) is 43.0 Å². The molecule has 76 valence electrons. The molecule has 1 aromatic rings. The van der Waals surface area contributed by atoms with E-state index in [-0.39, 0.29) is 0 Å². The summed E-state index contributed by atoms with van der Waals surface area (Å²) < 4.78 is 0. The average Bonchev–Trinajstić information content (AvgIpc) is 2.69. The second-order valence-corrected chi connectivity index (χ2v) is 4.08. The standard InChI is InChI=1S/C10H14ClN3/c11-10-13-8(6-12)5-9(14-10)7-3-1-2-4-7/h5,7H,1-4,6,12H2. The molecule has 1 fully saturated rings. The molecule has 4 heteroatoms. The van der Waals surface area contributed by atoms with E-state index in [1.807, 2.05) is 6.07 Å². The van der Waals surface area contributed by atoms with Crippen LogP contribution in [-0.2, 0) is 6.54 Å². The van der Waals surface area contributed by atoms with Gasteiger partial charge < -0.3 is 5.73 Å². The van der Waals surface area contributed by atoms with E-state index >= 15 is 0 Å². The van der Waals surface area contributed by atoms with Gasteiger partial charge in [-0.15, -0.1) is 0 Å². The van der Waals surface area contributed by atoms with Gasteiger partial charge in [-0.05, 0) is 30.5 Å². The molecule has 0 bridgehead atoms. The van der Waals surface area contributed by atoms with Gasteiger partial charge in [0, 0.05) is 18.2 Å². The third-order valence-electron chi connectivity index (χ3n) is 2.75. The average molecular weight is 212 g/mol. The van der Waals surface area contributed by atoms with Crippen LogP contribution in [0.2, 0.25) is 5.28 Å². The van der Waals surface area contributed by atoms with Crippen LogP contribution in [0.15, 0.2) is 6.07 Å². The lowest BCUT2D eigenvalue weighted by molar-refractivity contribution is 0.689. The van der Waals surface area contributed by atoms with E-state index < -0.39 is 0 Å². The first kappa shape index (κ1) is 9.87. The predicted octanol–water partition coefficient (Wildman–Crippen LogP) is 2.25. The molecule has 1 heterocycles. The Morgan fingerprint density at radius 3 is 2.71 bits per heavy atom. The number of hydrogen-bond donors (Lipinski definition) is 1. The lowest BCUT2D eigenvalue weighted by Crippen LogP contribution is -2.05. The van der Waals surface area contributed by atoms with E-state index in [0.717, 1.165) is 11.4 Å². The van der Waals surface area contributed by atoms with Gasteiger partial charge in [-0.25, -0.2) is 9.97 Å². The van der Waals surface area contributed by atoms with E-state index in [4.69, 9.17) is 17.3 Å². The summed E-state index contributed by atoms with van der Waals surface area (Å²) in [6.45, 7) is 0.432. The van der Waals surface area contributed by atoms with Crippen molar-refractivity contribution in [1.82, 2.24) is 9.97 Å². The van der Waals surface area contributed by atoms with E-state index in [0.29, 0.717) is 17.7 Å². The zero-order valence-corrected chi connectivity index (χ0v) is 8.80. The third kappa shape index (κ3) is 2.04. The molecule has 0 aliphatic heterocycles. The van der Waals surface area contributed by atoms with Gasteiger partial charge in [-0.2, -0.15) is 0 Å². The van der Waals surface area contributed by atoms with E-state index in [1.165, 1.54) is 25.7 Å². The molecule has 0 saturated heterocycles. The highest BCUT2D eigenvalue weighted by atomic mass is 35.5. The minimum atomic E-state index is 0.329. The fourth-order valence-corrected chi connectivity index (χ4v) is 2.23. The number of nitrogens with two attached hydrogens (primary N) is 1. The van der Waals surface area contributed by atoms with Crippen LogP contribution >= 0.6 is 11.6 Å². The van der Waals surface area contributed by atoms with Crippen molar-refractivity contribution < 1.29 is 0 Å². The van der Waals surface area contributed by atoms with Crippen LogP contribution in [-0.4, -0.2) is 9.97 Å². The molecule has 3 nitrogen and oxygen atoms in total. The first-order chi connectivity index (χ1) is 6.79. The Labute approximate surface area is 88.7 Å². The molecule has 1 aromatic heterocycles. The molecule has 0 spiro atoms. The molecule has 0 aromatic carbocycles. The Balaban J connectivity index is 2.27. The maximum atomic E-state index is 5.83. The summed E-state index contributed by atoms with van der Waals surface area (Å²) in [6.07, 6.45) is 5.03. The molecule has 1 saturated carbocycles. The number of halogens is 1. The van der Waals surface area contributed by atoms with Crippen LogP contribution in [0.5, 0.6) is 0 Å². The molecule has 0 radical (unpaired) electrons. The monoisotopic (exact) mass is 211 g/mol. The van der Waals surface area contributed by atoms with E-state index in [9.17, 15) is 0 Å². The molecule has 14 heavy (non-hydrogen) atoms. The molecule has 1 aliphatic carbocycles. The van der Waals surface area contributed by atoms with Gasteiger partial charge in [0.2, 0.25) is 5.28 Å². The van der Waals surface area contributed by atoms with Crippen molar-refractivity contribution >= 4 is 11.6 Å². The van der Waals surface area contributed by atoms with Crippen molar-refractivity contribution in [3.05, 3.63) is 22.7 Å². The number of rotatable bonds is 2. The van der Waals surface area contributed by atoms with Crippen molar-refractivity contribution in [2.24, 2.45) is 5.73 Å². The summed E-state index contributed by atoms with van der Waals surface area (Å²) in [5.74, 6) is 0.570. The van der Waals surface area contributed by atoms with Gasteiger partial charge in [-0.1, -0.05) is 12.8 Å². The Morgan fingerprint density at radius 1 is 1.36 bits per heavy atom. The largest absolute Gasteiger partial charge is 0.325 e. The van der Waals surface area contributed by atoms with Gasteiger partial charge in [0.1, 0.15) is 0 Å². The maximum Gasteiger partial charge on any atom is 0.222 e. The minimum Gasteiger partial charge on any atom is -0.325 e. The number of hydrogen-bond acceptors (Lipinski definition) is 3. The van der Waals surface area contributed by atoms with Crippen LogP contribution in [0.4, 0.5) is 0 Å². The first-order valence-corrected chi connectivity index (χ1v) is 5.41. The maximum absolute atomic E-state index is 5.83. The molecule has 2 N–H and O–H groups in total. The van der Waals surface area contributed by atoms with E-state index in [1.54, 1.807) is 0 Å². The SMILES string of the molecule is NCc1cc(C2CCCC2)nc(Cl)n1. The third-order valence-corrected chi connectivity index (χ3v) is 2.92. The summed E-state index contributed by atoms with van der Waals surface area (Å²) >= 11 is 5.83. The highest BCUT2D eigenvalue weighted by Crippen LogP contribution is 2.33. The number of aromatic nitrogens is 2. The quantitative estimate of drug-likeness (QED) is 0.764. The van der Waals surface area contributed by atoms with Crippen molar-refractivity contribution in [2.45, 2.75) is 38.1 Å². The molecule has 0 unspecified atom stereocenters. The van der Waals surface area contributed by atoms with Crippen LogP contribution < -0.4 is 5.73 Å². The zero-order chi connectivity index (χ0) is 9.97. The lowest BCUT2D eigenvalue weighted by atomic mass is 10.0. The first-order valence-electron chi connectivity index (χ1n) is 5.03. The Hall–Kier alpha value is -0.670. The van der Waals surface area contributed by atoms with Crippen molar-refractivity contribution in [3.63, 3.8) is 0 Å². The topological polar surface area (TPSA) is 51.8 Å².